The minimum absolute atomic E-state index is 0.231. The van der Waals surface area contributed by atoms with E-state index in [0.717, 1.165) is 11.3 Å². The first kappa shape index (κ1) is 17.7. The molecule has 0 aliphatic carbocycles. The Kier molecular flexibility index (Phi) is 5.34. The summed E-state index contributed by atoms with van der Waals surface area (Å²) >= 11 is 6.10. The number of carbonyl (C=O) groups excluding carboxylic acids is 1. The fourth-order valence-electron chi connectivity index (χ4n) is 2.33. The van der Waals surface area contributed by atoms with E-state index in [4.69, 9.17) is 16.3 Å². The number of nitrogens with zero attached hydrogens (tertiary/aromatic N) is 2. The molecule has 0 aliphatic rings. The summed E-state index contributed by atoms with van der Waals surface area (Å²) < 4.78 is 5.12. The standard InChI is InChI=1S/C19H17ClN4O2/c1-12-4-3-5-13(10-12)19(25)22-18-9-8-17(23-24-18)21-14-6-7-16(26-2)15(20)11-14/h3-11H,1-2H3,(H,21,23)(H,22,24,25). The monoisotopic (exact) mass is 368 g/mol. The molecule has 0 saturated carbocycles. The van der Waals surface area contributed by atoms with Gasteiger partial charge >= 0.3 is 0 Å². The van der Waals surface area contributed by atoms with E-state index in [1.54, 1.807) is 37.4 Å². The first-order valence-electron chi connectivity index (χ1n) is 7.87. The van der Waals surface area contributed by atoms with Crippen molar-refractivity contribution in [2.75, 3.05) is 17.7 Å². The van der Waals surface area contributed by atoms with Gasteiger partial charge in [-0.2, -0.15) is 0 Å². The number of aromatic nitrogens is 2. The van der Waals surface area contributed by atoms with Crippen molar-refractivity contribution in [1.82, 2.24) is 10.2 Å². The zero-order valence-electron chi connectivity index (χ0n) is 14.3. The van der Waals surface area contributed by atoms with Gasteiger partial charge in [0.1, 0.15) is 5.75 Å². The third-order valence-electron chi connectivity index (χ3n) is 3.61. The number of benzene rings is 2. The summed E-state index contributed by atoms with van der Waals surface area (Å²) in [4.78, 5) is 12.2. The molecule has 0 bridgehead atoms. The zero-order valence-corrected chi connectivity index (χ0v) is 15.0. The minimum Gasteiger partial charge on any atom is -0.495 e. The van der Waals surface area contributed by atoms with Crippen molar-refractivity contribution >= 4 is 34.8 Å². The molecule has 1 aromatic heterocycles. The highest BCUT2D eigenvalue weighted by molar-refractivity contribution is 6.32. The smallest absolute Gasteiger partial charge is 0.256 e. The van der Waals surface area contributed by atoms with Gasteiger partial charge in [0.15, 0.2) is 11.6 Å². The number of halogens is 1. The van der Waals surface area contributed by atoms with Crippen molar-refractivity contribution in [2.24, 2.45) is 0 Å². The summed E-state index contributed by atoms with van der Waals surface area (Å²) in [6, 6.07) is 16.0. The van der Waals surface area contributed by atoms with Crippen molar-refractivity contribution in [2.45, 2.75) is 6.92 Å². The Morgan fingerprint density at radius 1 is 1.04 bits per heavy atom. The Labute approximate surface area is 156 Å². The summed E-state index contributed by atoms with van der Waals surface area (Å²) in [5, 5.41) is 14.4. The average molecular weight is 369 g/mol. The first-order chi connectivity index (χ1) is 12.5. The van der Waals surface area contributed by atoms with Crippen LogP contribution in [0.1, 0.15) is 15.9 Å². The summed E-state index contributed by atoms with van der Waals surface area (Å²) in [5.74, 6) is 1.26. The van der Waals surface area contributed by atoms with Gasteiger partial charge in [0.25, 0.3) is 5.91 Å². The van der Waals surface area contributed by atoms with Crippen LogP contribution in [-0.2, 0) is 0 Å². The van der Waals surface area contributed by atoms with Crippen LogP contribution in [0.4, 0.5) is 17.3 Å². The van der Waals surface area contributed by atoms with Crippen molar-refractivity contribution in [1.29, 1.82) is 0 Å². The van der Waals surface area contributed by atoms with E-state index in [1.165, 1.54) is 0 Å². The zero-order chi connectivity index (χ0) is 18.5. The van der Waals surface area contributed by atoms with Crippen LogP contribution >= 0.6 is 11.6 Å². The van der Waals surface area contributed by atoms with E-state index >= 15 is 0 Å². The lowest BCUT2D eigenvalue weighted by molar-refractivity contribution is 0.102. The summed E-state index contributed by atoms with van der Waals surface area (Å²) in [6.07, 6.45) is 0. The normalized spacial score (nSPS) is 10.3. The lowest BCUT2D eigenvalue weighted by Gasteiger charge is -2.09. The van der Waals surface area contributed by atoms with Crippen LogP contribution < -0.4 is 15.4 Å². The topological polar surface area (TPSA) is 76.1 Å². The fourth-order valence-corrected chi connectivity index (χ4v) is 2.59. The van der Waals surface area contributed by atoms with E-state index in [0.29, 0.717) is 28.0 Å². The molecule has 2 N–H and O–H groups in total. The number of hydrogen-bond donors (Lipinski definition) is 2. The number of ether oxygens (including phenoxy) is 1. The van der Waals surface area contributed by atoms with Gasteiger partial charge < -0.3 is 15.4 Å². The SMILES string of the molecule is COc1ccc(Nc2ccc(NC(=O)c3cccc(C)c3)nn2)cc1Cl. The maximum atomic E-state index is 12.2. The summed E-state index contributed by atoms with van der Waals surface area (Å²) in [7, 11) is 1.56. The molecule has 0 atom stereocenters. The molecule has 3 rings (SSSR count). The Balaban J connectivity index is 1.66. The lowest BCUT2D eigenvalue weighted by atomic mass is 10.1. The number of aryl methyl sites for hydroxylation is 1. The molecular weight excluding hydrogens is 352 g/mol. The highest BCUT2D eigenvalue weighted by atomic mass is 35.5. The van der Waals surface area contributed by atoms with Crippen LogP contribution in [0.3, 0.4) is 0 Å². The maximum absolute atomic E-state index is 12.2. The molecule has 0 fully saturated rings. The number of carbonyl (C=O) groups is 1. The Morgan fingerprint density at radius 2 is 1.81 bits per heavy atom. The van der Waals surface area contributed by atoms with Crippen LogP contribution in [0.2, 0.25) is 5.02 Å². The van der Waals surface area contributed by atoms with Gasteiger partial charge in [-0.3, -0.25) is 4.79 Å². The van der Waals surface area contributed by atoms with E-state index < -0.39 is 0 Å². The minimum atomic E-state index is -0.231. The van der Waals surface area contributed by atoms with E-state index in [-0.39, 0.29) is 5.91 Å². The van der Waals surface area contributed by atoms with Crippen molar-refractivity contribution in [3.63, 3.8) is 0 Å². The summed E-state index contributed by atoms with van der Waals surface area (Å²) in [6.45, 7) is 1.93. The number of hydrogen-bond acceptors (Lipinski definition) is 5. The third-order valence-corrected chi connectivity index (χ3v) is 3.91. The van der Waals surface area contributed by atoms with Gasteiger partial charge in [-0.05, 0) is 49.4 Å². The molecule has 6 nitrogen and oxygen atoms in total. The molecule has 0 saturated heterocycles. The largest absolute Gasteiger partial charge is 0.495 e. The van der Waals surface area contributed by atoms with Crippen molar-refractivity contribution < 1.29 is 9.53 Å². The van der Waals surface area contributed by atoms with Crippen LogP contribution in [-0.4, -0.2) is 23.2 Å². The van der Waals surface area contributed by atoms with Gasteiger partial charge in [-0.25, -0.2) is 0 Å². The number of anilines is 3. The average Bonchev–Trinajstić information content (AvgIpc) is 2.63. The third kappa shape index (κ3) is 4.29. The molecule has 0 radical (unpaired) electrons. The highest BCUT2D eigenvalue weighted by Crippen LogP contribution is 2.28. The molecule has 1 heterocycles. The van der Waals surface area contributed by atoms with E-state index in [1.807, 2.05) is 31.2 Å². The van der Waals surface area contributed by atoms with Crippen LogP contribution in [0.25, 0.3) is 0 Å². The molecule has 3 aromatic rings. The predicted molar refractivity (Wildman–Crippen MR) is 102 cm³/mol. The molecule has 0 aliphatic heterocycles. The lowest BCUT2D eigenvalue weighted by Crippen LogP contribution is -2.13. The van der Waals surface area contributed by atoms with Gasteiger partial charge in [-0.1, -0.05) is 29.3 Å². The van der Waals surface area contributed by atoms with Crippen molar-refractivity contribution in [3.8, 4) is 5.75 Å². The van der Waals surface area contributed by atoms with E-state index in [2.05, 4.69) is 20.8 Å². The predicted octanol–water partition coefficient (Wildman–Crippen LogP) is 4.44. The molecule has 0 unspecified atom stereocenters. The second-order valence-corrected chi connectivity index (χ2v) is 6.01. The molecule has 7 heteroatoms. The van der Waals surface area contributed by atoms with Gasteiger partial charge in [0.05, 0.1) is 12.1 Å². The Morgan fingerprint density at radius 3 is 2.46 bits per heavy atom. The highest BCUT2D eigenvalue weighted by Gasteiger charge is 2.08. The number of methoxy groups -OCH3 is 1. The Hall–Kier alpha value is -3.12. The Bertz CT molecular complexity index is 929. The molecule has 132 valence electrons. The van der Waals surface area contributed by atoms with Crippen molar-refractivity contribution in [3.05, 3.63) is 70.7 Å². The first-order valence-corrected chi connectivity index (χ1v) is 8.25. The summed E-state index contributed by atoms with van der Waals surface area (Å²) in [5.41, 5.74) is 2.34. The molecule has 1 amide bonds. The molecule has 2 aromatic carbocycles. The fraction of sp³-hybridized carbons (Fsp3) is 0.105. The van der Waals surface area contributed by atoms with Gasteiger partial charge in [-0.15, -0.1) is 10.2 Å². The number of nitrogens with one attached hydrogen (secondary N) is 2. The maximum Gasteiger partial charge on any atom is 0.256 e. The van der Waals surface area contributed by atoms with Crippen LogP contribution in [0, 0.1) is 6.92 Å². The van der Waals surface area contributed by atoms with Crippen LogP contribution in [0.5, 0.6) is 5.75 Å². The second-order valence-electron chi connectivity index (χ2n) is 5.60. The number of amides is 1. The quantitative estimate of drug-likeness (QED) is 0.696. The molecule has 26 heavy (non-hydrogen) atoms. The second kappa shape index (κ2) is 7.84. The van der Waals surface area contributed by atoms with Gasteiger partial charge in [0, 0.05) is 11.3 Å². The number of rotatable bonds is 5. The molecule has 0 spiro atoms. The molecular formula is C19H17ClN4O2. The van der Waals surface area contributed by atoms with E-state index in [9.17, 15) is 4.79 Å². The van der Waals surface area contributed by atoms with Crippen LogP contribution in [0.15, 0.2) is 54.6 Å². The van der Waals surface area contributed by atoms with Gasteiger partial charge in [0.2, 0.25) is 0 Å².